The molecule has 1 amide bonds. The molecular formula is C15H13ClN2O3. The summed E-state index contributed by atoms with van der Waals surface area (Å²) in [5.74, 6) is -1.50. The third-order valence-electron chi connectivity index (χ3n) is 2.80. The number of H-pyrrole nitrogens is 1. The predicted molar refractivity (Wildman–Crippen MR) is 81.6 cm³/mol. The number of aromatic nitrogens is 1. The fourth-order valence-corrected chi connectivity index (χ4v) is 2.02. The van der Waals surface area contributed by atoms with Gasteiger partial charge in [0.15, 0.2) is 0 Å². The predicted octanol–water partition coefficient (Wildman–Crippen LogP) is 3.33. The molecule has 1 heterocycles. The highest BCUT2D eigenvalue weighted by molar-refractivity contribution is 6.33. The van der Waals surface area contributed by atoms with Crippen molar-refractivity contribution in [2.24, 2.45) is 0 Å². The van der Waals surface area contributed by atoms with E-state index in [0.29, 0.717) is 11.4 Å². The number of carboxylic acid groups (broad SMARTS) is 1. The van der Waals surface area contributed by atoms with Crippen molar-refractivity contribution >= 4 is 35.2 Å². The summed E-state index contributed by atoms with van der Waals surface area (Å²) in [5.41, 5.74) is 1.44. The minimum absolute atomic E-state index is 0.0405. The quantitative estimate of drug-likeness (QED) is 0.758. The molecule has 1 aromatic heterocycles. The molecule has 0 radical (unpaired) electrons. The van der Waals surface area contributed by atoms with Crippen LogP contribution in [0.2, 0.25) is 5.02 Å². The normalized spacial score (nSPS) is 10.8. The van der Waals surface area contributed by atoms with Crippen LogP contribution in [0.25, 0.3) is 6.08 Å². The zero-order valence-corrected chi connectivity index (χ0v) is 11.9. The van der Waals surface area contributed by atoms with Gasteiger partial charge < -0.3 is 15.4 Å². The van der Waals surface area contributed by atoms with Crippen molar-refractivity contribution in [1.29, 1.82) is 0 Å². The molecule has 108 valence electrons. The van der Waals surface area contributed by atoms with Gasteiger partial charge in [0.05, 0.1) is 5.02 Å². The van der Waals surface area contributed by atoms with Crippen molar-refractivity contribution in [3.8, 4) is 0 Å². The molecule has 1 aromatic carbocycles. The Hall–Kier alpha value is -2.53. The van der Waals surface area contributed by atoms with Gasteiger partial charge in [-0.05, 0) is 25.1 Å². The van der Waals surface area contributed by atoms with E-state index in [4.69, 9.17) is 16.7 Å². The Labute approximate surface area is 126 Å². The van der Waals surface area contributed by atoms with E-state index in [1.807, 2.05) is 6.07 Å². The summed E-state index contributed by atoms with van der Waals surface area (Å²) in [5, 5.41) is 12.0. The van der Waals surface area contributed by atoms with Gasteiger partial charge >= 0.3 is 5.97 Å². The highest BCUT2D eigenvalue weighted by atomic mass is 35.5. The molecule has 2 aromatic rings. The minimum atomic E-state index is -1.13. The van der Waals surface area contributed by atoms with E-state index >= 15 is 0 Å². The van der Waals surface area contributed by atoms with Crippen LogP contribution in [-0.2, 0) is 4.79 Å². The van der Waals surface area contributed by atoms with E-state index in [-0.39, 0.29) is 22.2 Å². The lowest BCUT2D eigenvalue weighted by Gasteiger charge is -2.00. The molecule has 0 aliphatic rings. The Balaban J connectivity index is 2.18. The highest BCUT2D eigenvalue weighted by Crippen LogP contribution is 2.25. The third-order valence-corrected chi connectivity index (χ3v) is 3.29. The van der Waals surface area contributed by atoms with Gasteiger partial charge in [-0.25, -0.2) is 4.79 Å². The summed E-state index contributed by atoms with van der Waals surface area (Å²) in [6.45, 7) is 1.66. The lowest BCUT2D eigenvalue weighted by atomic mass is 10.2. The van der Waals surface area contributed by atoms with E-state index in [0.717, 1.165) is 0 Å². The monoisotopic (exact) mass is 304 g/mol. The molecule has 0 fully saturated rings. The van der Waals surface area contributed by atoms with Gasteiger partial charge in [0.25, 0.3) is 0 Å². The van der Waals surface area contributed by atoms with E-state index in [9.17, 15) is 9.59 Å². The number of para-hydroxylation sites is 1. The maximum Gasteiger partial charge on any atom is 0.352 e. The topological polar surface area (TPSA) is 82.2 Å². The van der Waals surface area contributed by atoms with E-state index in [1.165, 1.54) is 12.2 Å². The molecule has 0 bridgehead atoms. The molecule has 21 heavy (non-hydrogen) atoms. The number of carbonyl (C=O) groups excluding carboxylic acids is 1. The van der Waals surface area contributed by atoms with Gasteiger partial charge in [-0.2, -0.15) is 0 Å². The Morgan fingerprint density at radius 3 is 2.57 bits per heavy atom. The van der Waals surface area contributed by atoms with E-state index in [2.05, 4.69) is 10.3 Å². The van der Waals surface area contributed by atoms with Crippen LogP contribution in [0.5, 0.6) is 0 Å². The zero-order chi connectivity index (χ0) is 15.4. The number of hydrogen-bond donors (Lipinski definition) is 3. The first-order valence-corrected chi connectivity index (χ1v) is 6.52. The molecule has 3 N–H and O–H groups in total. The van der Waals surface area contributed by atoms with Crippen LogP contribution >= 0.6 is 11.6 Å². The number of carbonyl (C=O) groups is 2. The van der Waals surface area contributed by atoms with Crippen LogP contribution in [0.3, 0.4) is 0 Å². The summed E-state index contributed by atoms with van der Waals surface area (Å²) in [6, 6.07) is 8.94. The van der Waals surface area contributed by atoms with Gasteiger partial charge in [0.1, 0.15) is 5.69 Å². The summed E-state index contributed by atoms with van der Waals surface area (Å²) in [4.78, 5) is 25.6. The van der Waals surface area contributed by atoms with Gasteiger partial charge in [-0.1, -0.05) is 29.8 Å². The molecule has 0 saturated heterocycles. The molecule has 0 unspecified atom stereocenters. The van der Waals surface area contributed by atoms with Gasteiger partial charge in [-0.3, -0.25) is 4.79 Å². The summed E-state index contributed by atoms with van der Waals surface area (Å²) >= 11 is 6.02. The van der Waals surface area contributed by atoms with Crippen LogP contribution in [0.15, 0.2) is 36.4 Å². The number of anilines is 1. The van der Waals surface area contributed by atoms with Crippen molar-refractivity contribution in [2.75, 3.05) is 5.32 Å². The van der Waals surface area contributed by atoms with Crippen LogP contribution in [0, 0.1) is 6.92 Å². The fraction of sp³-hybridized carbons (Fsp3) is 0.0667. The standard InChI is InChI=1S/C15H13ClN2O3/c1-9-13(16)11(14(17-9)15(20)21)7-8-12(19)18-10-5-3-2-4-6-10/h2-8,17H,1H3,(H,18,19)(H,20,21)/b8-7+. The smallest absolute Gasteiger partial charge is 0.352 e. The average Bonchev–Trinajstić information content (AvgIpc) is 2.74. The van der Waals surface area contributed by atoms with Crippen LogP contribution < -0.4 is 5.32 Å². The first-order valence-electron chi connectivity index (χ1n) is 6.14. The number of aromatic carboxylic acids is 1. The van der Waals surface area contributed by atoms with Crippen LogP contribution in [0.4, 0.5) is 5.69 Å². The van der Waals surface area contributed by atoms with Crippen molar-refractivity contribution in [3.63, 3.8) is 0 Å². The molecule has 0 spiro atoms. The lowest BCUT2D eigenvalue weighted by Crippen LogP contribution is -2.07. The fourth-order valence-electron chi connectivity index (χ4n) is 1.81. The molecule has 0 aliphatic heterocycles. The number of aromatic amines is 1. The van der Waals surface area contributed by atoms with Crippen molar-refractivity contribution in [3.05, 3.63) is 58.4 Å². The third kappa shape index (κ3) is 3.52. The van der Waals surface area contributed by atoms with Crippen molar-refractivity contribution in [1.82, 2.24) is 4.98 Å². The maximum atomic E-state index is 11.8. The Bertz CT molecular complexity index is 705. The molecule has 5 nitrogen and oxygen atoms in total. The number of hydrogen-bond acceptors (Lipinski definition) is 2. The first-order chi connectivity index (χ1) is 9.99. The average molecular weight is 305 g/mol. The molecule has 0 atom stereocenters. The van der Waals surface area contributed by atoms with E-state index in [1.54, 1.807) is 31.2 Å². The number of halogens is 1. The molecule has 2 rings (SSSR count). The van der Waals surface area contributed by atoms with Crippen molar-refractivity contribution in [2.45, 2.75) is 6.92 Å². The first kappa shape index (κ1) is 14.9. The number of rotatable bonds is 4. The summed E-state index contributed by atoms with van der Waals surface area (Å²) in [7, 11) is 0. The van der Waals surface area contributed by atoms with E-state index < -0.39 is 5.97 Å². The summed E-state index contributed by atoms with van der Waals surface area (Å²) < 4.78 is 0. The van der Waals surface area contributed by atoms with Crippen LogP contribution in [0.1, 0.15) is 21.7 Å². The summed E-state index contributed by atoms with van der Waals surface area (Å²) in [6.07, 6.45) is 2.63. The molecule has 0 aliphatic carbocycles. The highest BCUT2D eigenvalue weighted by Gasteiger charge is 2.16. The number of benzene rings is 1. The second-order valence-electron chi connectivity index (χ2n) is 4.35. The van der Waals surface area contributed by atoms with Crippen LogP contribution in [-0.4, -0.2) is 22.0 Å². The Morgan fingerprint density at radius 2 is 1.95 bits per heavy atom. The zero-order valence-electron chi connectivity index (χ0n) is 11.2. The number of nitrogens with one attached hydrogen (secondary N) is 2. The number of amides is 1. The second-order valence-corrected chi connectivity index (χ2v) is 4.72. The molecule has 0 saturated carbocycles. The maximum absolute atomic E-state index is 11.8. The largest absolute Gasteiger partial charge is 0.477 e. The Kier molecular flexibility index (Phi) is 4.45. The minimum Gasteiger partial charge on any atom is -0.477 e. The lowest BCUT2D eigenvalue weighted by molar-refractivity contribution is -0.111. The molecular weight excluding hydrogens is 292 g/mol. The number of aryl methyl sites for hydroxylation is 1. The Morgan fingerprint density at radius 1 is 1.29 bits per heavy atom. The van der Waals surface area contributed by atoms with Crippen molar-refractivity contribution < 1.29 is 14.7 Å². The second kappa shape index (κ2) is 6.28. The SMILES string of the molecule is Cc1[nH]c(C(=O)O)c(/C=C/C(=O)Nc2ccccc2)c1Cl. The van der Waals surface area contributed by atoms with Gasteiger partial charge in [-0.15, -0.1) is 0 Å². The number of carboxylic acids is 1. The van der Waals surface area contributed by atoms with Gasteiger partial charge in [0.2, 0.25) is 5.91 Å². The van der Waals surface area contributed by atoms with Gasteiger partial charge in [0, 0.05) is 23.0 Å². The molecule has 6 heteroatoms.